The Kier molecular flexibility index (Phi) is 6.70. The molecule has 1 fully saturated rings. The highest BCUT2D eigenvalue weighted by Gasteiger charge is 2.49. The van der Waals surface area contributed by atoms with Crippen molar-refractivity contribution in [1.82, 2.24) is 14.9 Å². The van der Waals surface area contributed by atoms with Gasteiger partial charge in [-0.2, -0.15) is 0 Å². The number of aliphatic hydroxyl groups is 1. The predicted molar refractivity (Wildman–Crippen MR) is 148 cm³/mol. The summed E-state index contributed by atoms with van der Waals surface area (Å²) in [6.07, 6.45) is 8.98. The van der Waals surface area contributed by atoms with E-state index in [0.717, 1.165) is 37.2 Å². The number of nitrogens with one attached hydrogen (secondary N) is 1. The van der Waals surface area contributed by atoms with E-state index in [-0.39, 0.29) is 17.5 Å². The summed E-state index contributed by atoms with van der Waals surface area (Å²) >= 11 is 6.05. The maximum Gasteiger partial charge on any atom is 0.256 e. The molecule has 0 bridgehead atoms. The molecule has 1 aliphatic heterocycles. The Morgan fingerprint density at radius 2 is 1.92 bits per heavy atom. The molecule has 2 N–H and O–H groups in total. The monoisotopic (exact) mass is 529 g/mol. The van der Waals surface area contributed by atoms with Gasteiger partial charge in [0, 0.05) is 11.6 Å². The molecule has 0 spiro atoms. The Balaban J connectivity index is 1.27. The number of carbonyl (C=O) groups excluding carboxylic acids is 1. The maximum absolute atomic E-state index is 13.4. The van der Waals surface area contributed by atoms with Crippen LogP contribution in [-0.4, -0.2) is 32.4 Å². The van der Waals surface area contributed by atoms with E-state index < -0.39 is 12.0 Å². The van der Waals surface area contributed by atoms with Crippen LogP contribution >= 0.6 is 11.6 Å². The molecule has 1 amide bonds. The molecule has 7 heteroatoms. The van der Waals surface area contributed by atoms with E-state index in [1.54, 1.807) is 29.2 Å². The van der Waals surface area contributed by atoms with Crippen molar-refractivity contribution in [3.05, 3.63) is 104 Å². The van der Waals surface area contributed by atoms with Crippen molar-refractivity contribution < 1.29 is 9.90 Å². The molecule has 2 heterocycles. The van der Waals surface area contributed by atoms with Crippen molar-refractivity contribution in [3.63, 3.8) is 0 Å². The van der Waals surface area contributed by atoms with Gasteiger partial charge in [0.1, 0.15) is 5.82 Å². The Hall–Kier alpha value is -3.22. The first-order chi connectivity index (χ1) is 18.4. The van der Waals surface area contributed by atoms with Crippen molar-refractivity contribution in [2.24, 2.45) is 0 Å². The summed E-state index contributed by atoms with van der Waals surface area (Å²) in [6, 6.07) is 15.4. The Bertz CT molecular complexity index is 1470. The summed E-state index contributed by atoms with van der Waals surface area (Å²) < 4.78 is 0. The van der Waals surface area contributed by atoms with Gasteiger partial charge in [0.05, 0.1) is 23.2 Å². The number of fused-ring (bicyclic) bond motifs is 1. The van der Waals surface area contributed by atoms with Gasteiger partial charge in [0.25, 0.3) is 11.5 Å². The van der Waals surface area contributed by atoms with E-state index in [4.69, 9.17) is 16.6 Å². The largest absolute Gasteiger partial charge is 0.378 e. The number of H-pyrrole nitrogens is 1. The average Bonchev–Trinajstić information content (AvgIpc) is 3.77. The van der Waals surface area contributed by atoms with Crippen LogP contribution in [0.5, 0.6) is 0 Å². The Labute approximate surface area is 227 Å². The quantitative estimate of drug-likeness (QED) is 0.459. The van der Waals surface area contributed by atoms with E-state index >= 15 is 0 Å². The van der Waals surface area contributed by atoms with Gasteiger partial charge in [-0.1, -0.05) is 54.1 Å². The number of aliphatic hydroxyl groups excluding tert-OH is 1. The van der Waals surface area contributed by atoms with Crippen LogP contribution in [0.15, 0.2) is 59.4 Å². The molecule has 3 aromatic rings. The first kappa shape index (κ1) is 25.1. The van der Waals surface area contributed by atoms with E-state index in [2.05, 4.69) is 35.3 Å². The molecule has 0 saturated heterocycles. The minimum atomic E-state index is -1.33. The zero-order chi connectivity index (χ0) is 26.3. The van der Waals surface area contributed by atoms with Gasteiger partial charge in [-0.15, -0.1) is 0 Å². The molecule has 1 atom stereocenters. The first-order valence-electron chi connectivity index (χ1n) is 13.6. The lowest BCUT2D eigenvalue weighted by molar-refractivity contribution is -0.141. The molecular weight excluding hydrogens is 498 g/mol. The normalized spacial score (nSPS) is 19.2. The lowest BCUT2D eigenvalue weighted by Crippen LogP contribution is -2.36. The van der Waals surface area contributed by atoms with Crippen LogP contribution in [-0.2, 0) is 23.2 Å². The Morgan fingerprint density at radius 1 is 1.08 bits per heavy atom. The fourth-order valence-electron chi connectivity index (χ4n) is 5.93. The van der Waals surface area contributed by atoms with Crippen molar-refractivity contribution in [3.8, 4) is 0 Å². The summed E-state index contributed by atoms with van der Waals surface area (Å²) in [6.45, 7) is 0.578. The van der Waals surface area contributed by atoms with E-state index in [1.807, 2.05) is 0 Å². The number of rotatable bonds is 5. The number of benzene rings is 2. The number of hydrogen-bond donors (Lipinski definition) is 2. The molecular formula is C31H32ClN3O3. The lowest BCUT2D eigenvalue weighted by Gasteiger charge is -2.24. The number of carbonyl (C=O) groups is 1. The molecule has 2 aliphatic carbocycles. The number of amides is 1. The number of nitrogens with zero attached hydrogens (tertiary/aromatic N) is 2. The minimum Gasteiger partial charge on any atom is -0.378 e. The summed E-state index contributed by atoms with van der Waals surface area (Å²) in [5.41, 5.74) is 5.16. The van der Waals surface area contributed by atoms with Crippen LogP contribution in [0, 0.1) is 0 Å². The average molecular weight is 530 g/mol. The highest BCUT2D eigenvalue weighted by molar-refractivity contribution is 6.30. The number of halogens is 1. The number of hydrogen-bond acceptors (Lipinski definition) is 4. The fraction of sp³-hybridized carbons (Fsp3) is 0.387. The fourth-order valence-corrected chi connectivity index (χ4v) is 6.13. The molecule has 1 unspecified atom stereocenters. The zero-order valence-corrected chi connectivity index (χ0v) is 22.1. The second-order valence-corrected chi connectivity index (χ2v) is 11.2. The van der Waals surface area contributed by atoms with Crippen molar-refractivity contribution in [2.75, 3.05) is 6.54 Å². The standard InChI is InChI=1S/C31H32ClN3O3/c32-24-12-5-10-22(18-24)27(36)29(38)35-16-6-13-26-25(19-35)28(37)34-30(33-26)31(14-15-31)23-11-4-9-21(17-23)20-7-2-1-3-8-20/h4-5,7,9-12,17-18,27,36H,1-3,6,8,13-16,19H2,(H,33,34,37). The molecule has 196 valence electrons. The van der Waals surface area contributed by atoms with E-state index in [9.17, 15) is 14.7 Å². The van der Waals surface area contributed by atoms with E-state index in [0.29, 0.717) is 35.5 Å². The second-order valence-electron chi connectivity index (χ2n) is 10.8. The Morgan fingerprint density at radius 3 is 2.68 bits per heavy atom. The van der Waals surface area contributed by atoms with Crippen molar-refractivity contribution >= 4 is 23.1 Å². The van der Waals surface area contributed by atoms with Gasteiger partial charge in [-0.05, 0) is 85.8 Å². The van der Waals surface area contributed by atoms with Crippen LogP contribution in [0.25, 0.3) is 5.57 Å². The molecule has 3 aliphatic rings. The van der Waals surface area contributed by atoms with Crippen LogP contribution in [0.4, 0.5) is 0 Å². The highest BCUT2D eigenvalue weighted by Crippen LogP contribution is 2.52. The molecule has 2 aromatic carbocycles. The zero-order valence-electron chi connectivity index (χ0n) is 21.4. The van der Waals surface area contributed by atoms with Crippen LogP contribution in [0.1, 0.15) is 84.8 Å². The molecule has 1 aromatic heterocycles. The topological polar surface area (TPSA) is 86.3 Å². The first-order valence-corrected chi connectivity index (χ1v) is 14.0. The second kappa shape index (κ2) is 10.2. The van der Waals surface area contributed by atoms with Gasteiger partial charge < -0.3 is 15.0 Å². The number of aromatic amines is 1. The number of allylic oxidation sites excluding steroid dienone is 2. The maximum atomic E-state index is 13.4. The summed E-state index contributed by atoms with van der Waals surface area (Å²) in [5.74, 6) is 0.297. The smallest absolute Gasteiger partial charge is 0.256 e. The van der Waals surface area contributed by atoms with Crippen molar-refractivity contribution in [2.45, 2.75) is 69.4 Å². The summed E-state index contributed by atoms with van der Waals surface area (Å²) in [4.78, 5) is 36.2. The van der Waals surface area contributed by atoms with Gasteiger partial charge in [0.15, 0.2) is 6.10 Å². The lowest BCUT2D eigenvalue weighted by atomic mass is 9.88. The third kappa shape index (κ3) is 4.72. The van der Waals surface area contributed by atoms with Crippen LogP contribution in [0.2, 0.25) is 5.02 Å². The van der Waals surface area contributed by atoms with Gasteiger partial charge in [-0.25, -0.2) is 4.98 Å². The molecule has 6 nitrogen and oxygen atoms in total. The molecule has 6 rings (SSSR count). The van der Waals surface area contributed by atoms with Crippen LogP contribution in [0.3, 0.4) is 0 Å². The van der Waals surface area contributed by atoms with E-state index in [1.165, 1.54) is 29.5 Å². The van der Waals surface area contributed by atoms with Gasteiger partial charge in [0.2, 0.25) is 0 Å². The molecule has 0 radical (unpaired) electrons. The minimum absolute atomic E-state index is 0.130. The third-order valence-electron chi connectivity index (χ3n) is 8.28. The van der Waals surface area contributed by atoms with Gasteiger partial charge in [-0.3, -0.25) is 9.59 Å². The summed E-state index contributed by atoms with van der Waals surface area (Å²) in [5, 5.41) is 11.2. The summed E-state index contributed by atoms with van der Waals surface area (Å²) in [7, 11) is 0. The molecule has 1 saturated carbocycles. The SMILES string of the molecule is O=C(C(O)c1cccc(Cl)c1)N1CCCc2nc(C3(c4cccc(C5=CCCCC5)c4)CC3)[nH]c(=O)c2C1. The number of aromatic nitrogens is 2. The predicted octanol–water partition coefficient (Wildman–Crippen LogP) is 5.47. The highest BCUT2D eigenvalue weighted by atomic mass is 35.5. The third-order valence-corrected chi connectivity index (χ3v) is 8.52. The molecule has 38 heavy (non-hydrogen) atoms. The van der Waals surface area contributed by atoms with Gasteiger partial charge >= 0.3 is 0 Å². The van der Waals surface area contributed by atoms with Crippen molar-refractivity contribution in [1.29, 1.82) is 0 Å². The van der Waals surface area contributed by atoms with Crippen LogP contribution < -0.4 is 5.56 Å². The number of aryl methyl sites for hydroxylation is 1.